The number of rotatable bonds is 1. The average molecular weight is 405 g/mol. The first-order valence-electron chi connectivity index (χ1n) is 9.46. The van der Waals surface area contributed by atoms with Crippen LogP contribution in [0.3, 0.4) is 0 Å². The van der Waals surface area contributed by atoms with E-state index in [2.05, 4.69) is 0 Å². The SMILES string of the molecule is CN1Cc2cc(B3OC(C)(C)C(C)(C)O3)ccc2Oc2ccc(C(F)(F)F)cc21. The van der Waals surface area contributed by atoms with Gasteiger partial charge in [-0.3, -0.25) is 0 Å². The largest absolute Gasteiger partial charge is 0.494 e. The lowest BCUT2D eigenvalue weighted by Crippen LogP contribution is -2.41. The van der Waals surface area contributed by atoms with Gasteiger partial charge in [0, 0.05) is 19.2 Å². The monoisotopic (exact) mass is 405 g/mol. The highest BCUT2D eigenvalue weighted by molar-refractivity contribution is 6.62. The Bertz CT molecular complexity index is 943. The van der Waals surface area contributed by atoms with Gasteiger partial charge in [0.2, 0.25) is 0 Å². The van der Waals surface area contributed by atoms with Crippen molar-refractivity contribution in [2.24, 2.45) is 0 Å². The Morgan fingerprint density at radius 2 is 1.55 bits per heavy atom. The van der Waals surface area contributed by atoms with Crippen molar-refractivity contribution in [3.63, 3.8) is 0 Å². The Labute approximate surface area is 168 Å². The van der Waals surface area contributed by atoms with Crippen LogP contribution in [-0.4, -0.2) is 25.4 Å². The Kier molecular flexibility index (Phi) is 4.44. The van der Waals surface area contributed by atoms with Crippen LogP contribution in [0.4, 0.5) is 18.9 Å². The van der Waals surface area contributed by atoms with Gasteiger partial charge in [0.25, 0.3) is 0 Å². The fourth-order valence-electron chi connectivity index (χ4n) is 3.49. The van der Waals surface area contributed by atoms with Crippen LogP contribution in [0, 0.1) is 0 Å². The summed E-state index contributed by atoms with van der Waals surface area (Å²) in [7, 11) is 1.23. The van der Waals surface area contributed by atoms with Crippen LogP contribution in [-0.2, 0) is 22.0 Å². The first-order chi connectivity index (χ1) is 13.4. The predicted octanol–water partition coefficient (Wildman–Crippen LogP) is 4.75. The summed E-state index contributed by atoms with van der Waals surface area (Å²) in [6.07, 6.45) is -4.40. The van der Waals surface area contributed by atoms with Gasteiger partial charge in [0.15, 0.2) is 5.75 Å². The molecule has 0 bridgehead atoms. The average Bonchev–Trinajstić information content (AvgIpc) is 2.74. The van der Waals surface area contributed by atoms with Crippen LogP contribution in [0.1, 0.15) is 38.8 Å². The van der Waals surface area contributed by atoms with Crippen LogP contribution in [0.15, 0.2) is 36.4 Å². The van der Waals surface area contributed by atoms with E-state index in [1.807, 2.05) is 45.9 Å². The second kappa shape index (κ2) is 6.41. The van der Waals surface area contributed by atoms with Gasteiger partial charge >= 0.3 is 13.3 Å². The lowest BCUT2D eigenvalue weighted by Gasteiger charge is -2.32. The van der Waals surface area contributed by atoms with Gasteiger partial charge in [-0.2, -0.15) is 13.2 Å². The highest BCUT2D eigenvalue weighted by Crippen LogP contribution is 2.42. The van der Waals surface area contributed by atoms with Crippen LogP contribution in [0.25, 0.3) is 0 Å². The van der Waals surface area contributed by atoms with E-state index in [9.17, 15) is 13.2 Å². The number of benzene rings is 2. The van der Waals surface area contributed by atoms with Crippen molar-refractivity contribution in [1.29, 1.82) is 0 Å². The lowest BCUT2D eigenvalue weighted by molar-refractivity contribution is -0.137. The Hall–Kier alpha value is -2.19. The van der Waals surface area contributed by atoms with Crippen molar-refractivity contribution in [3.05, 3.63) is 47.5 Å². The van der Waals surface area contributed by atoms with E-state index in [0.717, 1.165) is 23.2 Å². The number of alkyl halides is 3. The second-order valence-electron chi connectivity index (χ2n) is 8.59. The third kappa shape index (κ3) is 3.49. The summed E-state index contributed by atoms with van der Waals surface area (Å²) in [5.74, 6) is 0.998. The minimum Gasteiger partial charge on any atom is -0.455 e. The molecule has 0 amide bonds. The molecule has 2 heterocycles. The highest BCUT2D eigenvalue weighted by atomic mass is 19.4. The number of anilines is 1. The number of halogens is 3. The Morgan fingerprint density at radius 1 is 0.931 bits per heavy atom. The summed E-state index contributed by atoms with van der Waals surface area (Å²) in [6.45, 7) is 8.35. The Balaban J connectivity index is 1.66. The van der Waals surface area contributed by atoms with E-state index in [1.165, 1.54) is 6.07 Å². The number of ether oxygens (including phenoxy) is 1. The minimum atomic E-state index is -4.40. The molecule has 8 heteroatoms. The molecule has 2 aliphatic heterocycles. The van der Waals surface area contributed by atoms with Gasteiger partial charge in [0.1, 0.15) is 5.75 Å². The molecule has 0 aliphatic carbocycles. The van der Waals surface area contributed by atoms with Crippen LogP contribution in [0.2, 0.25) is 0 Å². The van der Waals surface area contributed by atoms with Gasteiger partial charge < -0.3 is 18.9 Å². The smallest absolute Gasteiger partial charge is 0.455 e. The van der Waals surface area contributed by atoms with Gasteiger partial charge in [-0.05, 0) is 57.4 Å². The molecule has 1 fully saturated rings. The van der Waals surface area contributed by atoms with Crippen molar-refractivity contribution < 1.29 is 27.2 Å². The third-order valence-corrected chi connectivity index (χ3v) is 5.93. The second-order valence-corrected chi connectivity index (χ2v) is 8.59. The number of hydrogen-bond acceptors (Lipinski definition) is 4. The lowest BCUT2D eigenvalue weighted by atomic mass is 9.78. The minimum absolute atomic E-state index is 0.391. The quantitative estimate of drug-likeness (QED) is 0.641. The van der Waals surface area contributed by atoms with Crippen molar-refractivity contribution in [2.75, 3.05) is 11.9 Å². The summed E-state index contributed by atoms with van der Waals surface area (Å²) in [6, 6.07) is 9.15. The van der Waals surface area contributed by atoms with E-state index in [-0.39, 0.29) is 0 Å². The summed E-state index contributed by atoms with van der Waals surface area (Å²) < 4.78 is 57.5. The highest BCUT2D eigenvalue weighted by Gasteiger charge is 2.51. The van der Waals surface area contributed by atoms with Crippen molar-refractivity contribution >= 4 is 18.3 Å². The third-order valence-electron chi connectivity index (χ3n) is 5.93. The molecule has 2 aromatic rings. The topological polar surface area (TPSA) is 30.9 Å². The molecule has 0 aromatic heterocycles. The molecule has 4 rings (SSSR count). The van der Waals surface area contributed by atoms with E-state index in [0.29, 0.717) is 23.7 Å². The normalized spacial score (nSPS) is 20.0. The van der Waals surface area contributed by atoms with Gasteiger partial charge in [-0.25, -0.2) is 0 Å². The molecule has 4 nitrogen and oxygen atoms in total. The maximum absolute atomic E-state index is 13.1. The summed E-state index contributed by atoms with van der Waals surface area (Å²) >= 11 is 0. The van der Waals surface area contributed by atoms with E-state index in [1.54, 1.807) is 11.9 Å². The van der Waals surface area contributed by atoms with Gasteiger partial charge in [0.05, 0.1) is 22.5 Å². The number of fused-ring (bicyclic) bond motifs is 2. The molecule has 154 valence electrons. The summed E-state index contributed by atoms with van der Waals surface area (Å²) in [5.41, 5.74) is 0.485. The van der Waals surface area contributed by atoms with Crippen LogP contribution >= 0.6 is 0 Å². The van der Waals surface area contributed by atoms with E-state index < -0.39 is 30.1 Å². The first kappa shape index (κ1) is 20.1. The van der Waals surface area contributed by atoms with Crippen LogP contribution < -0.4 is 15.1 Å². The standard InChI is InChI=1S/C21H23BF3NO3/c1-19(2)20(3,4)29-22(28-19)15-7-9-17-13(10-15)12-26(5)16-11-14(21(23,24)25)6-8-18(16)27-17/h6-11H,12H2,1-5H3. The van der Waals surface area contributed by atoms with Crippen molar-refractivity contribution in [1.82, 2.24) is 0 Å². The molecule has 29 heavy (non-hydrogen) atoms. The zero-order chi connectivity index (χ0) is 21.2. The van der Waals surface area contributed by atoms with Crippen molar-refractivity contribution in [2.45, 2.75) is 51.6 Å². The first-order valence-corrected chi connectivity index (χ1v) is 9.46. The molecule has 2 aromatic carbocycles. The summed E-state index contributed by atoms with van der Waals surface area (Å²) in [4.78, 5) is 1.75. The zero-order valence-corrected chi connectivity index (χ0v) is 17.1. The Morgan fingerprint density at radius 3 is 2.17 bits per heavy atom. The molecule has 0 atom stereocenters. The zero-order valence-electron chi connectivity index (χ0n) is 17.1. The number of nitrogens with zero attached hydrogens (tertiary/aromatic N) is 1. The van der Waals surface area contributed by atoms with Crippen LogP contribution in [0.5, 0.6) is 11.5 Å². The molecule has 2 aliphatic rings. The fraction of sp³-hybridized carbons (Fsp3) is 0.429. The molecule has 1 saturated heterocycles. The molecule has 0 spiro atoms. The molecule has 0 radical (unpaired) electrons. The maximum atomic E-state index is 13.1. The van der Waals surface area contributed by atoms with E-state index >= 15 is 0 Å². The maximum Gasteiger partial charge on any atom is 0.494 e. The molecule has 0 unspecified atom stereocenters. The fourth-order valence-corrected chi connectivity index (χ4v) is 3.49. The summed E-state index contributed by atoms with van der Waals surface area (Å²) in [5, 5.41) is 0. The number of hydrogen-bond donors (Lipinski definition) is 0. The molecular weight excluding hydrogens is 382 g/mol. The predicted molar refractivity (Wildman–Crippen MR) is 106 cm³/mol. The molecular formula is C21H23BF3NO3. The van der Waals surface area contributed by atoms with Gasteiger partial charge in [-0.15, -0.1) is 0 Å². The van der Waals surface area contributed by atoms with Gasteiger partial charge in [-0.1, -0.05) is 12.1 Å². The van der Waals surface area contributed by atoms with E-state index in [4.69, 9.17) is 14.0 Å². The molecule has 0 saturated carbocycles. The molecule has 0 N–H and O–H groups in total. The van der Waals surface area contributed by atoms with Crippen molar-refractivity contribution in [3.8, 4) is 11.5 Å².